The minimum absolute atomic E-state index is 0.408. The highest BCUT2D eigenvalue weighted by atomic mass is 16.4. The van der Waals surface area contributed by atoms with Gasteiger partial charge in [0.05, 0.1) is 5.69 Å². The van der Waals surface area contributed by atoms with Crippen LogP contribution < -0.4 is 0 Å². The summed E-state index contributed by atoms with van der Waals surface area (Å²) in [5, 5.41) is 0. The number of likely N-dealkylation sites (N-methyl/N-ethyl adjacent to an activating group) is 1. The Morgan fingerprint density at radius 1 is 1.47 bits per heavy atom. The summed E-state index contributed by atoms with van der Waals surface area (Å²) in [7, 11) is 3.99. The van der Waals surface area contributed by atoms with E-state index in [4.69, 9.17) is 4.42 Å². The van der Waals surface area contributed by atoms with E-state index in [0.717, 1.165) is 11.5 Å². The maximum atomic E-state index is 5.74. The number of hydrogen-bond donors (Lipinski definition) is 0. The van der Waals surface area contributed by atoms with Gasteiger partial charge in [-0.25, -0.2) is 4.98 Å². The van der Waals surface area contributed by atoms with Crippen LogP contribution in [0.2, 0.25) is 0 Å². The van der Waals surface area contributed by atoms with Crippen molar-refractivity contribution in [3.8, 4) is 11.8 Å². The molecule has 0 aliphatic carbocycles. The molecule has 0 saturated carbocycles. The van der Waals surface area contributed by atoms with Crippen molar-refractivity contribution in [2.24, 2.45) is 0 Å². The summed E-state index contributed by atoms with van der Waals surface area (Å²) in [5.41, 5.74) is 0.489. The topological polar surface area (TPSA) is 29.3 Å². The average Bonchev–Trinajstić information content (AvgIpc) is 2.60. The third-order valence-electron chi connectivity index (χ3n) is 2.97. The molecular weight excluding hydrogens is 212 g/mol. The van der Waals surface area contributed by atoms with Gasteiger partial charge >= 0.3 is 0 Å². The van der Waals surface area contributed by atoms with Crippen LogP contribution in [0, 0.1) is 25.7 Å². The van der Waals surface area contributed by atoms with Gasteiger partial charge in [-0.05, 0) is 27.9 Å². The molecule has 0 bridgehead atoms. The fraction of sp³-hybridized carbons (Fsp3) is 0.500. The molecule has 0 amide bonds. The van der Waals surface area contributed by atoms with Gasteiger partial charge in [-0.1, -0.05) is 6.08 Å². The Balaban J connectivity index is 3.34. The van der Waals surface area contributed by atoms with Crippen molar-refractivity contribution in [3.05, 3.63) is 30.0 Å². The first-order chi connectivity index (χ1) is 7.97. The summed E-state index contributed by atoms with van der Waals surface area (Å²) in [6, 6.07) is 0. The molecule has 0 spiro atoms. The number of hydrogen-bond acceptors (Lipinski definition) is 3. The van der Waals surface area contributed by atoms with Crippen LogP contribution in [0.4, 0.5) is 0 Å². The zero-order valence-electron chi connectivity index (χ0n) is 11.3. The molecule has 0 aliphatic heterocycles. The van der Waals surface area contributed by atoms with Crippen LogP contribution in [0.5, 0.6) is 0 Å². The van der Waals surface area contributed by atoms with Gasteiger partial charge in [0.25, 0.3) is 0 Å². The smallest absolute Gasteiger partial charge is 0.191 e. The van der Waals surface area contributed by atoms with E-state index in [2.05, 4.69) is 28.3 Å². The molecule has 1 atom stereocenters. The highest BCUT2D eigenvalue weighted by Crippen LogP contribution is 2.34. The van der Waals surface area contributed by atoms with Crippen LogP contribution in [0.3, 0.4) is 0 Å². The van der Waals surface area contributed by atoms with Crippen LogP contribution in [0.1, 0.15) is 30.7 Å². The zero-order chi connectivity index (χ0) is 13.1. The fourth-order valence-corrected chi connectivity index (χ4v) is 1.95. The van der Waals surface area contributed by atoms with Crippen LogP contribution in [0.15, 0.2) is 17.1 Å². The van der Waals surface area contributed by atoms with Gasteiger partial charge in [0, 0.05) is 13.3 Å². The number of aromatic nitrogens is 1. The van der Waals surface area contributed by atoms with Crippen molar-refractivity contribution in [2.75, 3.05) is 14.1 Å². The Morgan fingerprint density at radius 2 is 2.12 bits per heavy atom. The lowest BCUT2D eigenvalue weighted by atomic mass is 9.90. The monoisotopic (exact) mass is 232 g/mol. The molecule has 17 heavy (non-hydrogen) atoms. The Hall–Kier alpha value is -1.53. The van der Waals surface area contributed by atoms with E-state index in [-0.39, 0.29) is 0 Å². The molecule has 3 heteroatoms. The quantitative estimate of drug-likeness (QED) is 0.590. The van der Waals surface area contributed by atoms with Crippen molar-refractivity contribution in [1.29, 1.82) is 0 Å². The van der Waals surface area contributed by atoms with Crippen molar-refractivity contribution in [1.82, 2.24) is 9.88 Å². The Bertz CT molecular complexity index is 462. The number of nitrogens with zero attached hydrogens (tertiary/aromatic N) is 2. The predicted octanol–water partition coefficient (Wildman–Crippen LogP) is 2.65. The van der Waals surface area contributed by atoms with Crippen LogP contribution in [0.25, 0.3) is 0 Å². The van der Waals surface area contributed by atoms with Gasteiger partial charge in [0.15, 0.2) is 11.7 Å². The maximum absolute atomic E-state index is 5.74. The minimum Gasteiger partial charge on any atom is -0.443 e. The van der Waals surface area contributed by atoms with E-state index in [0.29, 0.717) is 12.3 Å². The van der Waals surface area contributed by atoms with Crippen LogP contribution in [-0.2, 0) is 5.54 Å². The largest absolute Gasteiger partial charge is 0.443 e. The molecule has 0 aromatic carbocycles. The lowest BCUT2D eigenvalue weighted by Gasteiger charge is -2.34. The summed E-state index contributed by atoms with van der Waals surface area (Å²) in [6.07, 6.45) is 2.53. The fourth-order valence-electron chi connectivity index (χ4n) is 1.95. The molecule has 1 rings (SSSR count). The van der Waals surface area contributed by atoms with Crippen molar-refractivity contribution < 1.29 is 4.42 Å². The lowest BCUT2D eigenvalue weighted by Crippen LogP contribution is -2.39. The molecule has 1 heterocycles. The summed E-state index contributed by atoms with van der Waals surface area (Å²) < 4.78 is 5.74. The number of aryl methyl sites for hydroxylation is 2. The average molecular weight is 232 g/mol. The van der Waals surface area contributed by atoms with Crippen LogP contribution >= 0.6 is 0 Å². The second-order valence-electron chi connectivity index (χ2n) is 4.27. The molecule has 1 unspecified atom stereocenters. The molecule has 0 N–H and O–H groups in total. The third-order valence-corrected chi connectivity index (χ3v) is 2.97. The van der Waals surface area contributed by atoms with E-state index in [9.17, 15) is 0 Å². The summed E-state index contributed by atoms with van der Waals surface area (Å²) >= 11 is 0. The lowest BCUT2D eigenvalue weighted by molar-refractivity contribution is 0.176. The summed E-state index contributed by atoms with van der Waals surface area (Å²) in [5.74, 6) is 7.53. The molecule has 3 nitrogen and oxygen atoms in total. The van der Waals surface area contributed by atoms with E-state index in [1.54, 1.807) is 0 Å². The van der Waals surface area contributed by atoms with Gasteiger partial charge in [-0.15, -0.1) is 18.4 Å². The Labute approximate surface area is 104 Å². The van der Waals surface area contributed by atoms with Gasteiger partial charge in [-0.3, -0.25) is 4.90 Å². The first kappa shape index (κ1) is 13.5. The molecule has 0 aliphatic rings. The van der Waals surface area contributed by atoms with Gasteiger partial charge in [0.1, 0.15) is 5.54 Å². The van der Waals surface area contributed by atoms with Gasteiger partial charge in [-0.2, -0.15) is 0 Å². The third kappa shape index (κ3) is 2.42. The van der Waals surface area contributed by atoms with Gasteiger partial charge in [0.2, 0.25) is 0 Å². The Kier molecular flexibility index (Phi) is 4.14. The normalized spacial score (nSPS) is 14.0. The van der Waals surface area contributed by atoms with Crippen molar-refractivity contribution >= 4 is 0 Å². The molecule has 0 fully saturated rings. The standard InChI is InChI=1S/C14H20N2O/c1-7-9-10-14(8-2,16(5)6)13-11(3)15-12(4)17-13/h8H,2,10H2,1,3-6H3. The van der Waals surface area contributed by atoms with E-state index in [1.807, 2.05) is 40.9 Å². The molecular formula is C14H20N2O. The predicted molar refractivity (Wildman–Crippen MR) is 69.6 cm³/mol. The highest BCUT2D eigenvalue weighted by molar-refractivity contribution is 5.27. The number of oxazole rings is 1. The second-order valence-corrected chi connectivity index (χ2v) is 4.27. The summed E-state index contributed by atoms with van der Waals surface area (Å²) in [4.78, 5) is 6.39. The van der Waals surface area contributed by atoms with E-state index >= 15 is 0 Å². The second kappa shape index (κ2) is 5.20. The molecule has 0 radical (unpaired) electrons. The highest BCUT2D eigenvalue weighted by Gasteiger charge is 2.36. The first-order valence-electron chi connectivity index (χ1n) is 5.63. The Morgan fingerprint density at radius 3 is 2.47 bits per heavy atom. The molecule has 92 valence electrons. The number of rotatable bonds is 4. The molecule has 1 aromatic heterocycles. The van der Waals surface area contributed by atoms with Gasteiger partial charge < -0.3 is 4.42 Å². The summed E-state index contributed by atoms with van der Waals surface area (Å²) in [6.45, 7) is 9.58. The molecule has 1 aromatic rings. The minimum atomic E-state index is -0.408. The zero-order valence-corrected chi connectivity index (χ0v) is 11.3. The molecule has 0 saturated heterocycles. The van der Waals surface area contributed by atoms with Crippen molar-refractivity contribution in [2.45, 2.75) is 32.7 Å². The SMILES string of the molecule is C=CC(CC#CC)(c1oc(C)nc1C)N(C)C. The van der Waals surface area contributed by atoms with Crippen molar-refractivity contribution in [3.63, 3.8) is 0 Å². The van der Waals surface area contributed by atoms with Crippen LogP contribution in [-0.4, -0.2) is 24.0 Å². The van der Waals surface area contributed by atoms with E-state index in [1.165, 1.54) is 0 Å². The van der Waals surface area contributed by atoms with E-state index < -0.39 is 5.54 Å². The first-order valence-corrected chi connectivity index (χ1v) is 5.63. The maximum Gasteiger partial charge on any atom is 0.191 e.